The van der Waals surface area contributed by atoms with Crippen LogP contribution in [0.4, 0.5) is 0 Å². The summed E-state index contributed by atoms with van der Waals surface area (Å²) in [7, 11) is 0. The van der Waals surface area contributed by atoms with Gasteiger partial charge in [-0.1, -0.05) is 57.4 Å². The maximum absolute atomic E-state index is 3.98. The van der Waals surface area contributed by atoms with E-state index < -0.39 is 0 Å². The molecule has 116 valence electrons. The van der Waals surface area contributed by atoms with Gasteiger partial charge < -0.3 is 5.32 Å². The minimum Gasteiger partial charge on any atom is -0.307 e. The van der Waals surface area contributed by atoms with Crippen LogP contribution in [0.25, 0.3) is 0 Å². The maximum Gasteiger partial charge on any atom is 0.0325 e. The molecule has 1 saturated carbocycles. The van der Waals surface area contributed by atoms with Gasteiger partial charge in [-0.25, -0.2) is 0 Å². The van der Waals surface area contributed by atoms with Crippen LogP contribution in [0.3, 0.4) is 0 Å². The molecule has 0 aliphatic heterocycles. The van der Waals surface area contributed by atoms with Crippen LogP contribution in [-0.2, 0) is 5.41 Å². The first kappa shape index (κ1) is 15.1. The Balaban J connectivity index is 1.74. The Kier molecular flexibility index (Phi) is 4.40. The molecule has 0 saturated heterocycles. The third-order valence-corrected chi connectivity index (χ3v) is 5.94. The van der Waals surface area contributed by atoms with Gasteiger partial charge in [0.1, 0.15) is 0 Å². The summed E-state index contributed by atoms with van der Waals surface area (Å²) in [6, 6.07) is 10.3. The van der Waals surface area contributed by atoms with Crippen molar-refractivity contribution in [2.24, 2.45) is 5.92 Å². The van der Waals surface area contributed by atoms with Gasteiger partial charge in [0.2, 0.25) is 0 Å². The average molecular weight is 285 g/mol. The SMILES string of the molecule is CC(NC1CCC(C)(C)c2ccccc21)C1CCCCC1. The van der Waals surface area contributed by atoms with Crippen molar-refractivity contribution < 1.29 is 0 Å². The molecule has 0 radical (unpaired) electrons. The molecule has 0 heterocycles. The summed E-state index contributed by atoms with van der Waals surface area (Å²) in [5, 5.41) is 3.98. The van der Waals surface area contributed by atoms with E-state index in [0.717, 1.165) is 5.92 Å². The van der Waals surface area contributed by atoms with E-state index in [4.69, 9.17) is 0 Å². The summed E-state index contributed by atoms with van der Waals surface area (Å²) in [5.41, 5.74) is 3.45. The zero-order valence-electron chi connectivity index (χ0n) is 14.0. The summed E-state index contributed by atoms with van der Waals surface area (Å²) in [6.07, 6.45) is 9.74. The fourth-order valence-electron chi connectivity index (χ4n) is 4.47. The average Bonchev–Trinajstić information content (AvgIpc) is 2.51. The Morgan fingerprint density at radius 1 is 1.05 bits per heavy atom. The molecule has 1 aromatic carbocycles. The highest BCUT2D eigenvalue weighted by atomic mass is 15.0. The van der Waals surface area contributed by atoms with Crippen molar-refractivity contribution in [2.45, 2.75) is 83.2 Å². The highest BCUT2D eigenvalue weighted by Gasteiger charge is 2.33. The maximum atomic E-state index is 3.98. The molecule has 2 aliphatic carbocycles. The first-order valence-corrected chi connectivity index (χ1v) is 8.93. The standard InChI is InChI=1S/C20H31N/c1-15(16-9-5-4-6-10-16)21-19-13-14-20(2,3)18-12-8-7-11-17(18)19/h7-8,11-12,15-16,19,21H,4-6,9-10,13-14H2,1-3H3. The Labute approximate surface area is 130 Å². The summed E-state index contributed by atoms with van der Waals surface area (Å²) in [4.78, 5) is 0. The van der Waals surface area contributed by atoms with E-state index in [1.165, 1.54) is 44.9 Å². The third kappa shape index (κ3) is 3.18. The lowest BCUT2D eigenvalue weighted by Gasteiger charge is -2.40. The van der Waals surface area contributed by atoms with Crippen LogP contribution in [0.5, 0.6) is 0 Å². The first-order valence-electron chi connectivity index (χ1n) is 8.93. The number of hydrogen-bond acceptors (Lipinski definition) is 1. The van der Waals surface area contributed by atoms with Gasteiger partial charge in [-0.05, 0) is 55.1 Å². The van der Waals surface area contributed by atoms with Crippen molar-refractivity contribution in [3.8, 4) is 0 Å². The highest BCUT2D eigenvalue weighted by molar-refractivity contribution is 5.38. The van der Waals surface area contributed by atoms with E-state index in [9.17, 15) is 0 Å². The van der Waals surface area contributed by atoms with Gasteiger partial charge in [0.15, 0.2) is 0 Å². The topological polar surface area (TPSA) is 12.0 Å². The second-order valence-electron chi connectivity index (χ2n) is 7.92. The largest absolute Gasteiger partial charge is 0.307 e. The molecule has 0 bridgehead atoms. The van der Waals surface area contributed by atoms with Crippen molar-refractivity contribution in [1.29, 1.82) is 0 Å². The van der Waals surface area contributed by atoms with Crippen LogP contribution >= 0.6 is 0 Å². The summed E-state index contributed by atoms with van der Waals surface area (Å²) in [6.45, 7) is 7.21. The summed E-state index contributed by atoms with van der Waals surface area (Å²) in [5.74, 6) is 0.890. The molecule has 3 rings (SSSR count). The van der Waals surface area contributed by atoms with Gasteiger partial charge in [0.05, 0.1) is 0 Å². The zero-order valence-corrected chi connectivity index (χ0v) is 14.0. The molecule has 1 nitrogen and oxygen atoms in total. The monoisotopic (exact) mass is 285 g/mol. The van der Waals surface area contributed by atoms with Gasteiger partial charge >= 0.3 is 0 Å². The van der Waals surface area contributed by atoms with Gasteiger partial charge in [-0.15, -0.1) is 0 Å². The first-order chi connectivity index (χ1) is 10.1. The van der Waals surface area contributed by atoms with E-state index in [2.05, 4.69) is 50.4 Å². The number of fused-ring (bicyclic) bond motifs is 1. The molecule has 0 spiro atoms. The number of rotatable bonds is 3. The van der Waals surface area contributed by atoms with Crippen molar-refractivity contribution >= 4 is 0 Å². The van der Waals surface area contributed by atoms with Crippen molar-refractivity contribution in [3.05, 3.63) is 35.4 Å². The normalized spacial score (nSPS) is 27.1. The smallest absolute Gasteiger partial charge is 0.0325 e. The van der Waals surface area contributed by atoms with Crippen LogP contribution in [0, 0.1) is 5.92 Å². The molecular weight excluding hydrogens is 254 g/mol. The van der Waals surface area contributed by atoms with E-state index >= 15 is 0 Å². The molecule has 0 amide bonds. The van der Waals surface area contributed by atoms with Crippen molar-refractivity contribution in [3.63, 3.8) is 0 Å². The Morgan fingerprint density at radius 2 is 1.76 bits per heavy atom. The lowest BCUT2D eigenvalue weighted by molar-refractivity contribution is 0.247. The quantitative estimate of drug-likeness (QED) is 0.788. The summed E-state index contributed by atoms with van der Waals surface area (Å²) >= 11 is 0. The van der Waals surface area contributed by atoms with Crippen LogP contribution in [0.1, 0.15) is 82.9 Å². The predicted octanol–water partition coefficient (Wildman–Crippen LogP) is 5.36. The molecule has 2 aliphatic rings. The van der Waals surface area contributed by atoms with E-state index in [0.29, 0.717) is 17.5 Å². The van der Waals surface area contributed by atoms with E-state index in [-0.39, 0.29) is 0 Å². The van der Waals surface area contributed by atoms with Crippen molar-refractivity contribution in [2.75, 3.05) is 0 Å². The molecule has 21 heavy (non-hydrogen) atoms. The zero-order chi connectivity index (χ0) is 14.9. The Hall–Kier alpha value is -0.820. The van der Waals surface area contributed by atoms with E-state index in [1.54, 1.807) is 11.1 Å². The number of nitrogens with one attached hydrogen (secondary N) is 1. The molecule has 1 heteroatoms. The fourth-order valence-corrected chi connectivity index (χ4v) is 4.47. The van der Waals surface area contributed by atoms with Crippen LogP contribution in [0.15, 0.2) is 24.3 Å². The number of benzene rings is 1. The van der Waals surface area contributed by atoms with Crippen LogP contribution < -0.4 is 5.32 Å². The molecular formula is C20H31N. The molecule has 2 atom stereocenters. The molecule has 1 aromatic rings. The molecule has 2 unspecified atom stereocenters. The second-order valence-corrected chi connectivity index (χ2v) is 7.92. The minimum atomic E-state index is 0.336. The van der Waals surface area contributed by atoms with Crippen LogP contribution in [-0.4, -0.2) is 6.04 Å². The Bertz CT molecular complexity index is 470. The number of hydrogen-bond donors (Lipinski definition) is 1. The van der Waals surface area contributed by atoms with Gasteiger partial charge in [-0.3, -0.25) is 0 Å². The lowest BCUT2D eigenvalue weighted by Crippen LogP contribution is -2.40. The Morgan fingerprint density at radius 3 is 2.52 bits per heavy atom. The second kappa shape index (κ2) is 6.12. The van der Waals surface area contributed by atoms with Crippen LogP contribution in [0.2, 0.25) is 0 Å². The molecule has 1 N–H and O–H groups in total. The molecule has 1 fully saturated rings. The minimum absolute atomic E-state index is 0.336. The fraction of sp³-hybridized carbons (Fsp3) is 0.700. The molecule has 0 aromatic heterocycles. The van der Waals surface area contributed by atoms with Gasteiger partial charge in [-0.2, -0.15) is 0 Å². The lowest BCUT2D eigenvalue weighted by atomic mass is 9.70. The predicted molar refractivity (Wildman–Crippen MR) is 90.6 cm³/mol. The van der Waals surface area contributed by atoms with Gasteiger partial charge in [0.25, 0.3) is 0 Å². The summed E-state index contributed by atoms with van der Waals surface area (Å²) < 4.78 is 0. The highest BCUT2D eigenvalue weighted by Crippen LogP contribution is 2.42. The van der Waals surface area contributed by atoms with Gasteiger partial charge in [0, 0.05) is 12.1 Å². The van der Waals surface area contributed by atoms with Crippen molar-refractivity contribution in [1.82, 2.24) is 5.32 Å². The van der Waals surface area contributed by atoms with E-state index in [1.807, 2.05) is 0 Å². The third-order valence-electron chi connectivity index (χ3n) is 5.94.